The van der Waals surface area contributed by atoms with Gasteiger partial charge >= 0.3 is 0 Å². The van der Waals surface area contributed by atoms with Gasteiger partial charge in [-0.3, -0.25) is 0 Å². The fourth-order valence-electron chi connectivity index (χ4n) is 4.09. The van der Waals surface area contributed by atoms with Gasteiger partial charge in [0.1, 0.15) is 0 Å². The Morgan fingerprint density at radius 1 is 1.05 bits per heavy atom. The van der Waals surface area contributed by atoms with Crippen LogP contribution in [0.5, 0.6) is 0 Å². The highest BCUT2D eigenvalue weighted by molar-refractivity contribution is 5.38. The lowest BCUT2D eigenvalue weighted by Gasteiger charge is -2.44. The van der Waals surface area contributed by atoms with Crippen molar-refractivity contribution < 1.29 is 5.11 Å². The van der Waals surface area contributed by atoms with E-state index < -0.39 is 0 Å². The Balaban J connectivity index is 1.78. The van der Waals surface area contributed by atoms with E-state index in [1.54, 1.807) is 0 Å². The molecule has 1 N–H and O–H groups in total. The Kier molecular flexibility index (Phi) is 4.35. The van der Waals surface area contributed by atoms with E-state index in [2.05, 4.69) is 68.4 Å². The van der Waals surface area contributed by atoms with Crippen LogP contribution in [0.3, 0.4) is 0 Å². The maximum absolute atomic E-state index is 10.8. The molecular weight excluding hydrogens is 268 g/mol. The molecule has 1 aliphatic carbocycles. The first-order valence-corrected chi connectivity index (χ1v) is 8.41. The Labute approximate surface area is 134 Å². The molecule has 22 heavy (non-hydrogen) atoms. The highest BCUT2D eigenvalue weighted by Gasteiger charge is 2.42. The van der Waals surface area contributed by atoms with Crippen molar-refractivity contribution >= 4 is 0 Å². The predicted molar refractivity (Wildman–Crippen MR) is 92.0 cm³/mol. The zero-order valence-electron chi connectivity index (χ0n) is 13.6. The molecule has 1 nitrogen and oxygen atoms in total. The number of aliphatic hydroxyl groups excluding tert-OH is 1. The zero-order chi connectivity index (χ0) is 15.6. The van der Waals surface area contributed by atoms with E-state index in [1.165, 1.54) is 16.7 Å². The first-order chi connectivity index (χ1) is 10.6. The second kappa shape index (κ2) is 6.26. The van der Waals surface area contributed by atoms with Gasteiger partial charge in [-0.2, -0.15) is 0 Å². The summed E-state index contributed by atoms with van der Waals surface area (Å²) in [6, 6.07) is 19.3. The molecule has 0 radical (unpaired) electrons. The number of hydrogen-bond donors (Lipinski definition) is 1. The average Bonchev–Trinajstić information content (AvgIpc) is 2.54. The van der Waals surface area contributed by atoms with E-state index in [1.807, 2.05) is 0 Å². The van der Waals surface area contributed by atoms with Gasteiger partial charge in [0.2, 0.25) is 0 Å². The Bertz CT molecular complexity index is 619. The van der Waals surface area contributed by atoms with E-state index in [4.69, 9.17) is 0 Å². The van der Waals surface area contributed by atoms with Crippen molar-refractivity contribution in [2.24, 2.45) is 5.92 Å². The molecule has 2 aromatic rings. The molecular formula is C21H26O. The highest BCUT2D eigenvalue weighted by Crippen LogP contribution is 2.43. The smallest absolute Gasteiger partial charge is 0.0662 e. The topological polar surface area (TPSA) is 20.2 Å². The third-order valence-electron chi connectivity index (χ3n) is 5.37. The molecule has 1 aliphatic rings. The van der Waals surface area contributed by atoms with Crippen LogP contribution in [0.15, 0.2) is 54.6 Å². The summed E-state index contributed by atoms with van der Waals surface area (Å²) in [6.07, 6.45) is 3.96. The minimum absolute atomic E-state index is 0.122. The Morgan fingerprint density at radius 2 is 1.73 bits per heavy atom. The maximum Gasteiger partial charge on any atom is 0.0662 e. The third kappa shape index (κ3) is 2.83. The van der Waals surface area contributed by atoms with Gasteiger partial charge in [0.15, 0.2) is 0 Å². The third-order valence-corrected chi connectivity index (χ3v) is 5.37. The van der Waals surface area contributed by atoms with E-state index in [-0.39, 0.29) is 11.5 Å². The fraction of sp³-hybridized carbons (Fsp3) is 0.429. The summed E-state index contributed by atoms with van der Waals surface area (Å²) >= 11 is 0. The minimum atomic E-state index is -0.252. The van der Waals surface area contributed by atoms with Crippen molar-refractivity contribution in [1.82, 2.24) is 0 Å². The normalized spacial score (nSPS) is 27.4. The second-order valence-corrected chi connectivity index (χ2v) is 7.04. The predicted octanol–water partition coefficient (Wildman–Crippen LogP) is 4.52. The maximum atomic E-state index is 10.8. The lowest BCUT2D eigenvalue weighted by molar-refractivity contribution is 0.0266. The van der Waals surface area contributed by atoms with E-state index in [9.17, 15) is 5.11 Å². The van der Waals surface area contributed by atoms with Crippen LogP contribution in [-0.4, -0.2) is 11.2 Å². The molecule has 0 bridgehead atoms. The fourth-order valence-corrected chi connectivity index (χ4v) is 4.09. The minimum Gasteiger partial charge on any atom is -0.392 e. The van der Waals surface area contributed by atoms with Gasteiger partial charge in [0, 0.05) is 5.41 Å². The van der Waals surface area contributed by atoms with E-state index >= 15 is 0 Å². The molecule has 116 valence electrons. The second-order valence-electron chi connectivity index (χ2n) is 7.04. The van der Waals surface area contributed by atoms with Gasteiger partial charge in [0.25, 0.3) is 0 Å². The van der Waals surface area contributed by atoms with Crippen molar-refractivity contribution in [1.29, 1.82) is 0 Å². The van der Waals surface area contributed by atoms with Crippen LogP contribution in [0.1, 0.15) is 43.4 Å². The Morgan fingerprint density at radius 3 is 2.50 bits per heavy atom. The molecule has 1 heteroatoms. The standard InChI is InChI=1S/C21H26O/c1-16-15-18-12-6-7-13-19(18)21(2,20(16)22)14-8-11-17-9-4-3-5-10-17/h3-7,9-10,12-13,16,20,22H,8,11,14-15H2,1-2H3/t16-,20+,21-/m0/s1. The summed E-state index contributed by atoms with van der Waals surface area (Å²) < 4.78 is 0. The van der Waals surface area contributed by atoms with Gasteiger partial charge in [-0.15, -0.1) is 0 Å². The lowest BCUT2D eigenvalue weighted by atomic mass is 9.63. The first kappa shape index (κ1) is 15.3. The zero-order valence-corrected chi connectivity index (χ0v) is 13.6. The summed E-state index contributed by atoms with van der Waals surface area (Å²) in [5, 5.41) is 10.8. The monoisotopic (exact) mass is 294 g/mol. The molecule has 0 heterocycles. The van der Waals surface area contributed by atoms with Crippen LogP contribution in [0.4, 0.5) is 0 Å². The van der Waals surface area contributed by atoms with Gasteiger partial charge < -0.3 is 5.11 Å². The van der Waals surface area contributed by atoms with Crippen molar-refractivity contribution in [3.05, 3.63) is 71.3 Å². The molecule has 0 aromatic heterocycles. The molecule has 0 spiro atoms. The van der Waals surface area contributed by atoms with Crippen LogP contribution in [0.25, 0.3) is 0 Å². The quantitative estimate of drug-likeness (QED) is 0.879. The highest BCUT2D eigenvalue weighted by atomic mass is 16.3. The summed E-state index contributed by atoms with van der Waals surface area (Å²) in [6.45, 7) is 4.42. The summed E-state index contributed by atoms with van der Waals surface area (Å²) in [5.41, 5.74) is 4.04. The van der Waals surface area contributed by atoms with Gasteiger partial charge in [-0.25, -0.2) is 0 Å². The number of fused-ring (bicyclic) bond motifs is 1. The number of aryl methyl sites for hydroxylation is 1. The number of aliphatic hydroxyl groups is 1. The molecule has 0 aliphatic heterocycles. The van der Waals surface area contributed by atoms with E-state index in [0.717, 1.165) is 25.7 Å². The lowest BCUT2D eigenvalue weighted by Crippen LogP contribution is -2.45. The van der Waals surface area contributed by atoms with Crippen LogP contribution in [0.2, 0.25) is 0 Å². The van der Waals surface area contributed by atoms with Crippen LogP contribution < -0.4 is 0 Å². The molecule has 0 saturated heterocycles. The summed E-state index contributed by atoms with van der Waals surface area (Å²) in [7, 11) is 0. The van der Waals surface area contributed by atoms with Crippen LogP contribution in [-0.2, 0) is 18.3 Å². The Hall–Kier alpha value is -1.60. The molecule has 0 amide bonds. The SMILES string of the molecule is C[C@H]1Cc2ccccc2[C@](C)(CCCc2ccccc2)[C@@H]1O. The van der Waals surface area contributed by atoms with Crippen LogP contribution in [0, 0.1) is 5.92 Å². The molecule has 0 saturated carbocycles. The van der Waals surface area contributed by atoms with E-state index in [0.29, 0.717) is 5.92 Å². The van der Waals surface area contributed by atoms with Gasteiger partial charge in [-0.05, 0) is 48.3 Å². The average molecular weight is 294 g/mol. The van der Waals surface area contributed by atoms with Gasteiger partial charge in [0.05, 0.1) is 6.10 Å². The van der Waals surface area contributed by atoms with Crippen LogP contribution >= 0.6 is 0 Å². The molecule has 0 fully saturated rings. The van der Waals surface area contributed by atoms with Crippen molar-refractivity contribution in [3.63, 3.8) is 0 Å². The van der Waals surface area contributed by atoms with Crippen molar-refractivity contribution in [3.8, 4) is 0 Å². The number of benzene rings is 2. The van der Waals surface area contributed by atoms with Crippen molar-refractivity contribution in [2.45, 2.75) is 51.0 Å². The summed E-state index contributed by atoms with van der Waals surface area (Å²) in [4.78, 5) is 0. The molecule has 0 unspecified atom stereocenters. The molecule has 3 rings (SSSR count). The molecule has 2 aromatic carbocycles. The van der Waals surface area contributed by atoms with Gasteiger partial charge in [-0.1, -0.05) is 68.4 Å². The first-order valence-electron chi connectivity index (χ1n) is 8.41. The summed E-state index contributed by atoms with van der Waals surface area (Å²) in [5.74, 6) is 0.330. The number of hydrogen-bond acceptors (Lipinski definition) is 1. The molecule has 3 atom stereocenters. The number of rotatable bonds is 4. The largest absolute Gasteiger partial charge is 0.392 e. The van der Waals surface area contributed by atoms with Crippen molar-refractivity contribution in [2.75, 3.05) is 0 Å².